The molecule has 3 aromatic rings. The Kier molecular flexibility index (Phi) is 4.56. The molecule has 0 aromatic carbocycles. The number of hydrogen-bond donors (Lipinski definition) is 0. The number of carbonyl (C=O) groups is 1. The second-order valence-electron chi connectivity index (χ2n) is 7.72. The first-order chi connectivity index (χ1) is 14.5. The lowest BCUT2D eigenvalue weighted by Gasteiger charge is -2.16. The van der Waals surface area contributed by atoms with Crippen molar-refractivity contribution in [2.45, 2.75) is 45.5 Å². The highest BCUT2D eigenvalue weighted by atomic mass is 19.1. The van der Waals surface area contributed by atoms with E-state index < -0.39 is 12.1 Å². The van der Waals surface area contributed by atoms with E-state index in [9.17, 15) is 9.18 Å². The number of hydrogen-bond acceptors (Lipinski definition) is 7. The van der Waals surface area contributed by atoms with Crippen LogP contribution in [0.2, 0.25) is 0 Å². The van der Waals surface area contributed by atoms with E-state index in [0.29, 0.717) is 61.2 Å². The van der Waals surface area contributed by atoms with E-state index >= 15 is 0 Å². The second kappa shape index (κ2) is 7.26. The van der Waals surface area contributed by atoms with Crippen LogP contribution in [0.15, 0.2) is 18.7 Å². The molecule has 2 fully saturated rings. The highest BCUT2D eigenvalue weighted by molar-refractivity contribution is 5.83. The predicted molar refractivity (Wildman–Crippen MR) is 105 cm³/mol. The minimum Gasteiger partial charge on any atom is -0.471 e. The van der Waals surface area contributed by atoms with E-state index in [2.05, 4.69) is 19.9 Å². The minimum atomic E-state index is -0.985. The van der Waals surface area contributed by atoms with Crippen molar-refractivity contribution in [2.75, 3.05) is 13.1 Å². The van der Waals surface area contributed by atoms with Crippen molar-refractivity contribution in [3.05, 3.63) is 24.5 Å². The van der Waals surface area contributed by atoms with Crippen molar-refractivity contribution in [1.82, 2.24) is 34.4 Å². The number of amides is 1. The Morgan fingerprint density at radius 3 is 2.73 bits per heavy atom. The smallest absolute Gasteiger partial charge is 0.245 e. The lowest BCUT2D eigenvalue weighted by Crippen LogP contribution is -2.32. The summed E-state index contributed by atoms with van der Waals surface area (Å²) in [5.41, 5.74) is 2.02. The van der Waals surface area contributed by atoms with Crippen molar-refractivity contribution >= 4 is 17.1 Å². The number of carbonyl (C=O) groups excluding carboxylic acids is 1. The van der Waals surface area contributed by atoms with E-state index in [1.807, 2.05) is 18.4 Å². The Morgan fingerprint density at radius 1 is 1.27 bits per heavy atom. The van der Waals surface area contributed by atoms with E-state index in [4.69, 9.17) is 9.72 Å². The van der Waals surface area contributed by atoms with Crippen LogP contribution >= 0.6 is 0 Å². The highest BCUT2D eigenvalue weighted by Crippen LogP contribution is 2.36. The van der Waals surface area contributed by atoms with Crippen LogP contribution in [-0.4, -0.2) is 65.7 Å². The molecular weight excluding hydrogens is 389 g/mol. The number of aromatic nitrogens is 6. The maximum Gasteiger partial charge on any atom is 0.245 e. The molecule has 1 aliphatic heterocycles. The van der Waals surface area contributed by atoms with Gasteiger partial charge in [0, 0.05) is 31.9 Å². The quantitative estimate of drug-likeness (QED) is 0.633. The molecular formula is C20H22FN7O2. The maximum absolute atomic E-state index is 13.2. The number of alkyl halides is 1. The summed E-state index contributed by atoms with van der Waals surface area (Å²) in [5.74, 6) is 1.19. The van der Waals surface area contributed by atoms with E-state index in [1.165, 1.54) is 6.33 Å². The molecule has 1 aliphatic carbocycles. The summed E-state index contributed by atoms with van der Waals surface area (Å²) in [7, 11) is 0. The fourth-order valence-electron chi connectivity index (χ4n) is 3.87. The molecule has 0 spiro atoms. The SMILES string of the molecule is CCn1c(-c2cnc(C)nc2)nc2c(OC3CCN(C(=O)C4CC4F)C3)ncnc21. The Balaban J connectivity index is 1.41. The number of nitrogens with zero attached hydrogens (tertiary/aromatic N) is 7. The van der Waals surface area contributed by atoms with Gasteiger partial charge in [0.15, 0.2) is 11.2 Å². The topological polar surface area (TPSA) is 98.9 Å². The summed E-state index contributed by atoms with van der Waals surface area (Å²) in [6.45, 7) is 5.50. The molecule has 2 aliphatic rings. The normalized spacial score (nSPS) is 23.2. The third-order valence-electron chi connectivity index (χ3n) is 5.62. The van der Waals surface area contributed by atoms with Gasteiger partial charge in [-0.1, -0.05) is 0 Å². The molecule has 9 nitrogen and oxygen atoms in total. The lowest BCUT2D eigenvalue weighted by atomic mass is 10.3. The van der Waals surface area contributed by atoms with Crippen molar-refractivity contribution in [2.24, 2.45) is 5.92 Å². The van der Waals surface area contributed by atoms with Crippen molar-refractivity contribution in [3.8, 4) is 17.3 Å². The average Bonchev–Trinajstić information content (AvgIpc) is 3.14. The first-order valence-corrected chi connectivity index (χ1v) is 10.1. The molecule has 1 saturated heterocycles. The average molecular weight is 411 g/mol. The largest absolute Gasteiger partial charge is 0.471 e. The van der Waals surface area contributed by atoms with Gasteiger partial charge >= 0.3 is 0 Å². The van der Waals surface area contributed by atoms with Crippen LogP contribution in [0.25, 0.3) is 22.6 Å². The summed E-state index contributed by atoms with van der Waals surface area (Å²) in [4.78, 5) is 35.9. The predicted octanol–water partition coefficient (Wildman–Crippen LogP) is 1.95. The number of fused-ring (bicyclic) bond motifs is 1. The molecule has 0 radical (unpaired) electrons. The van der Waals surface area contributed by atoms with Gasteiger partial charge < -0.3 is 14.2 Å². The number of ether oxygens (including phenoxy) is 1. The molecule has 0 bridgehead atoms. The summed E-state index contributed by atoms with van der Waals surface area (Å²) in [6, 6.07) is 0. The first kappa shape index (κ1) is 18.8. The fraction of sp³-hybridized carbons (Fsp3) is 0.500. The maximum atomic E-state index is 13.2. The molecule has 5 rings (SSSR count). The number of likely N-dealkylation sites (tertiary alicyclic amines) is 1. The Hall–Kier alpha value is -3.17. The molecule has 30 heavy (non-hydrogen) atoms. The summed E-state index contributed by atoms with van der Waals surface area (Å²) < 4.78 is 21.3. The van der Waals surface area contributed by atoms with Crippen molar-refractivity contribution < 1.29 is 13.9 Å². The van der Waals surface area contributed by atoms with Gasteiger partial charge in [0.25, 0.3) is 0 Å². The monoisotopic (exact) mass is 411 g/mol. The minimum absolute atomic E-state index is 0.113. The molecule has 3 aromatic heterocycles. The number of imidazole rings is 1. The highest BCUT2D eigenvalue weighted by Gasteiger charge is 2.47. The van der Waals surface area contributed by atoms with E-state index in [0.717, 1.165) is 5.56 Å². The molecule has 3 unspecified atom stereocenters. The standard InChI is InChI=1S/C20H22FN7O2/c1-3-28-17(12-7-22-11(2)23-8-12)26-16-18(28)24-10-25-19(16)30-13-4-5-27(9-13)20(29)14-6-15(14)21/h7-8,10,13-15H,3-6,9H2,1-2H3. The van der Waals surface area contributed by atoms with Crippen molar-refractivity contribution in [3.63, 3.8) is 0 Å². The molecule has 0 N–H and O–H groups in total. The van der Waals surface area contributed by atoms with Gasteiger partial charge in [-0.15, -0.1) is 0 Å². The third kappa shape index (κ3) is 3.25. The van der Waals surface area contributed by atoms with Crippen LogP contribution in [0.5, 0.6) is 5.88 Å². The molecule has 4 heterocycles. The van der Waals surface area contributed by atoms with Crippen LogP contribution in [0.1, 0.15) is 25.6 Å². The molecule has 3 atom stereocenters. The zero-order chi connectivity index (χ0) is 20.8. The van der Waals surface area contributed by atoms with Gasteiger partial charge in [0.2, 0.25) is 11.8 Å². The van der Waals surface area contributed by atoms with E-state index in [-0.39, 0.29) is 12.0 Å². The summed E-state index contributed by atoms with van der Waals surface area (Å²) in [6.07, 6.45) is 4.75. The molecule has 156 valence electrons. The van der Waals surface area contributed by atoms with Gasteiger partial charge in [-0.2, -0.15) is 4.98 Å². The van der Waals surface area contributed by atoms with Gasteiger partial charge in [-0.05, 0) is 20.3 Å². The molecule has 1 saturated carbocycles. The Labute approximate surface area is 172 Å². The summed E-state index contributed by atoms with van der Waals surface area (Å²) >= 11 is 0. The third-order valence-corrected chi connectivity index (χ3v) is 5.62. The molecule has 1 amide bonds. The van der Waals surface area contributed by atoms with Gasteiger partial charge in [-0.3, -0.25) is 4.79 Å². The van der Waals surface area contributed by atoms with Gasteiger partial charge in [0.05, 0.1) is 18.0 Å². The van der Waals surface area contributed by atoms with Crippen LogP contribution < -0.4 is 4.74 Å². The van der Waals surface area contributed by atoms with E-state index in [1.54, 1.807) is 17.3 Å². The van der Waals surface area contributed by atoms with Gasteiger partial charge in [0.1, 0.15) is 30.3 Å². The van der Waals surface area contributed by atoms with Gasteiger partial charge in [-0.25, -0.2) is 24.3 Å². The zero-order valence-electron chi connectivity index (χ0n) is 16.8. The lowest BCUT2D eigenvalue weighted by molar-refractivity contribution is -0.132. The first-order valence-electron chi connectivity index (χ1n) is 10.1. The summed E-state index contributed by atoms with van der Waals surface area (Å²) in [5, 5.41) is 0. The fourth-order valence-corrected chi connectivity index (χ4v) is 3.87. The van der Waals surface area contributed by atoms with Crippen LogP contribution in [0.4, 0.5) is 4.39 Å². The molecule has 10 heteroatoms. The number of aryl methyl sites for hydroxylation is 2. The second-order valence-corrected chi connectivity index (χ2v) is 7.72. The Bertz CT molecular complexity index is 1100. The van der Waals surface area contributed by atoms with Crippen LogP contribution in [-0.2, 0) is 11.3 Å². The van der Waals surface area contributed by atoms with Crippen molar-refractivity contribution in [1.29, 1.82) is 0 Å². The number of halogens is 1. The Morgan fingerprint density at radius 2 is 2.03 bits per heavy atom. The van der Waals surface area contributed by atoms with Crippen LogP contribution in [0, 0.1) is 12.8 Å². The van der Waals surface area contributed by atoms with Crippen LogP contribution in [0.3, 0.4) is 0 Å². The number of rotatable bonds is 5. The zero-order valence-corrected chi connectivity index (χ0v) is 16.8.